The van der Waals surface area contributed by atoms with Crippen LogP contribution >= 0.6 is 27.5 Å². The van der Waals surface area contributed by atoms with Crippen LogP contribution in [-0.4, -0.2) is 34.4 Å². The van der Waals surface area contributed by atoms with Crippen molar-refractivity contribution in [2.75, 3.05) is 17.2 Å². The van der Waals surface area contributed by atoms with Crippen LogP contribution in [0.25, 0.3) is 11.0 Å². The number of aromatic nitrogens is 2. The van der Waals surface area contributed by atoms with E-state index < -0.39 is 18.9 Å². The molecule has 1 heterocycles. The number of anilines is 3. The Bertz CT molecular complexity index is 1490. The number of hydrogen-bond donors (Lipinski definition) is 3. The molecule has 0 unspecified atom stereocenters. The number of aryl methyl sites for hydroxylation is 1. The molecule has 3 N–H and O–H groups in total. The lowest BCUT2D eigenvalue weighted by Gasteiger charge is -2.13. The molecule has 38 heavy (non-hydrogen) atoms. The molecule has 0 radical (unpaired) electrons. The SMILES string of the molecule is CC(=O)NCc1ccc(Cl)c(Nc2nc3cc(C(=O)Nc4ccc(Br)cc4)c(OCC(F)F)cc3n2C)c1. The molecule has 0 aliphatic heterocycles. The van der Waals surface area contributed by atoms with Gasteiger partial charge in [-0.15, -0.1) is 0 Å². The molecule has 0 bridgehead atoms. The first-order chi connectivity index (χ1) is 18.1. The highest BCUT2D eigenvalue weighted by atomic mass is 79.9. The van der Waals surface area contributed by atoms with E-state index in [4.69, 9.17) is 16.3 Å². The van der Waals surface area contributed by atoms with Gasteiger partial charge >= 0.3 is 0 Å². The Morgan fingerprint density at radius 1 is 1.13 bits per heavy atom. The molecule has 2 amide bonds. The number of carbonyl (C=O) groups excluding carboxylic acids is 2. The second-order valence-electron chi connectivity index (χ2n) is 8.34. The smallest absolute Gasteiger partial charge is 0.272 e. The minimum absolute atomic E-state index is 0.00250. The second kappa shape index (κ2) is 11.8. The van der Waals surface area contributed by atoms with Gasteiger partial charge in [0, 0.05) is 36.7 Å². The van der Waals surface area contributed by atoms with Gasteiger partial charge in [0.15, 0.2) is 0 Å². The highest BCUT2D eigenvalue weighted by Gasteiger charge is 2.20. The van der Waals surface area contributed by atoms with Crippen LogP contribution in [0, 0.1) is 0 Å². The van der Waals surface area contributed by atoms with E-state index in [0.29, 0.717) is 39.9 Å². The third-order valence-electron chi connectivity index (χ3n) is 5.51. The first-order valence-corrected chi connectivity index (χ1v) is 12.6. The molecule has 0 saturated carbocycles. The normalized spacial score (nSPS) is 11.0. The number of nitrogens with zero attached hydrogens (tertiary/aromatic N) is 2. The lowest BCUT2D eigenvalue weighted by Crippen LogP contribution is -2.18. The minimum atomic E-state index is -2.72. The molecule has 4 aromatic rings. The monoisotopic (exact) mass is 605 g/mol. The molecule has 12 heteroatoms. The summed E-state index contributed by atoms with van der Waals surface area (Å²) in [6.45, 7) is 0.885. The summed E-state index contributed by atoms with van der Waals surface area (Å²) in [5, 5.41) is 9.07. The number of imidazole rings is 1. The van der Waals surface area contributed by atoms with Crippen molar-refractivity contribution in [3.8, 4) is 5.75 Å². The summed E-state index contributed by atoms with van der Waals surface area (Å²) < 4.78 is 33.8. The van der Waals surface area contributed by atoms with Crippen molar-refractivity contribution in [3.63, 3.8) is 0 Å². The van der Waals surface area contributed by atoms with Crippen LogP contribution in [0.5, 0.6) is 5.75 Å². The number of amides is 2. The second-order valence-corrected chi connectivity index (χ2v) is 9.67. The van der Waals surface area contributed by atoms with Crippen LogP contribution in [-0.2, 0) is 18.4 Å². The summed E-state index contributed by atoms with van der Waals surface area (Å²) in [4.78, 5) is 28.9. The van der Waals surface area contributed by atoms with E-state index in [1.807, 2.05) is 0 Å². The number of rotatable bonds is 9. The van der Waals surface area contributed by atoms with Crippen molar-refractivity contribution in [1.82, 2.24) is 14.9 Å². The Balaban J connectivity index is 1.68. The maximum Gasteiger partial charge on any atom is 0.272 e. The molecule has 1 aromatic heterocycles. The fourth-order valence-electron chi connectivity index (χ4n) is 3.64. The fourth-order valence-corrected chi connectivity index (χ4v) is 4.07. The molecular formula is C26H23BrClF2N5O3. The fraction of sp³-hybridized carbons (Fsp3) is 0.192. The quantitative estimate of drug-likeness (QED) is 0.209. The summed E-state index contributed by atoms with van der Waals surface area (Å²) in [5.41, 5.74) is 2.93. The Hall–Kier alpha value is -3.70. The molecule has 0 aliphatic carbocycles. The first-order valence-electron chi connectivity index (χ1n) is 11.4. The number of ether oxygens (including phenoxy) is 1. The molecule has 0 aliphatic rings. The van der Waals surface area contributed by atoms with E-state index in [9.17, 15) is 18.4 Å². The van der Waals surface area contributed by atoms with Crippen molar-refractivity contribution in [2.24, 2.45) is 7.05 Å². The lowest BCUT2D eigenvalue weighted by molar-refractivity contribution is -0.119. The molecule has 0 spiro atoms. The van der Waals surface area contributed by atoms with Gasteiger partial charge in [-0.1, -0.05) is 33.6 Å². The highest BCUT2D eigenvalue weighted by molar-refractivity contribution is 9.10. The van der Waals surface area contributed by atoms with E-state index in [-0.39, 0.29) is 17.2 Å². The van der Waals surface area contributed by atoms with Crippen LogP contribution in [0.4, 0.5) is 26.1 Å². The number of halogens is 4. The molecule has 8 nitrogen and oxygen atoms in total. The van der Waals surface area contributed by atoms with E-state index in [1.54, 1.807) is 54.1 Å². The van der Waals surface area contributed by atoms with Crippen molar-refractivity contribution in [3.05, 3.63) is 75.2 Å². The number of nitrogens with one attached hydrogen (secondary N) is 3. The number of carbonyl (C=O) groups is 2. The van der Waals surface area contributed by atoms with Gasteiger partial charge in [-0.05, 0) is 48.0 Å². The van der Waals surface area contributed by atoms with Gasteiger partial charge in [0.1, 0.15) is 12.4 Å². The van der Waals surface area contributed by atoms with Crippen LogP contribution in [0.1, 0.15) is 22.8 Å². The van der Waals surface area contributed by atoms with Crippen LogP contribution < -0.4 is 20.7 Å². The van der Waals surface area contributed by atoms with Gasteiger partial charge in [-0.25, -0.2) is 13.8 Å². The summed E-state index contributed by atoms with van der Waals surface area (Å²) in [6, 6.07) is 15.2. The van der Waals surface area contributed by atoms with E-state index in [2.05, 4.69) is 36.9 Å². The van der Waals surface area contributed by atoms with E-state index in [1.165, 1.54) is 19.1 Å². The molecule has 3 aromatic carbocycles. The van der Waals surface area contributed by atoms with Crippen LogP contribution in [0.15, 0.2) is 59.1 Å². The summed E-state index contributed by atoms with van der Waals surface area (Å²) in [7, 11) is 1.73. The maximum atomic E-state index is 13.1. The average molecular weight is 607 g/mol. The van der Waals surface area contributed by atoms with E-state index >= 15 is 0 Å². The topological polar surface area (TPSA) is 97.3 Å². The standard InChI is InChI=1S/C26H23BrClF2N5O3/c1-14(36)31-12-15-3-8-19(28)20(9-15)33-26-34-21-10-18(25(37)32-17-6-4-16(27)5-7-17)23(38-13-24(29)30)11-22(21)35(26)2/h3-11,24H,12-13H2,1-2H3,(H,31,36)(H,32,37)(H,33,34). The summed E-state index contributed by atoms with van der Waals surface area (Å²) in [5.74, 6) is -0.303. The van der Waals surface area contributed by atoms with Crippen LogP contribution in [0.2, 0.25) is 5.02 Å². The zero-order chi connectivity index (χ0) is 27.4. The molecule has 0 fully saturated rings. The zero-order valence-corrected chi connectivity index (χ0v) is 22.7. The van der Waals surface area contributed by atoms with Gasteiger partial charge in [0.2, 0.25) is 11.9 Å². The Kier molecular flexibility index (Phi) is 8.48. The van der Waals surface area contributed by atoms with Crippen LogP contribution in [0.3, 0.4) is 0 Å². The zero-order valence-electron chi connectivity index (χ0n) is 20.3. The Morgan fingerprint density at radius 3 is 2.55 bits per heavy atom. The Morgan fingerprint density at radius 2 is 1.87 bits per heavy atom. The summed E-state index contributed by atoms with van der Waals surface area (Å²) >= 11 is 9.71. The van der Waals surface area contributed by atoms with E-state index in [0.717, 1.165) is 10.0 Å². The molecular weight excluding hydrogens is 584 g/mol. The van der Waals surface area contributed by atoms with Crippen molar-refractivity contribution in [2.45, 2.75) is 19.9 Å². The number of benzene rings is 3. The molecule has 4 rings (SSSR count). The Labute approximate surface area is 230 Å². The average Bonchev–Trinajstić information content (AvgIpc) is 3.18. The van der Waals surface area contributed by atoms with Gasteiger partial charge in [-0.2, -0.15) is 0 Å². The minimum Gasteiger partial charge on any atom is -0.487 e. The third-order valence-corrected chi connectivity index (χ3v) is 6.37. The van der Waals surface area contributed by atoms with Gasteiger partial charge in [0.05, 0.1) is 27.3 Å². The number of alkyl halides is 2. The maximum absolute atomic E-state index is 13.1. The molecule has 198 valence electrons. The van der Waals surface area contributed by atoms with Gasteiger partial charge in [-0.3, -0.25) is 9.59 Å². The number of fused-ring (bicyclic) bond motifs is 1. The number of hydrogen-bond acceptors (Lipinski definition) is 5. The third kappa shape index (κ3) is 6.59. The molecule has 0 atom stereocenters. The van der Waals surface area contributed by atoms with Crippen molar-refractivity contribution >= 4 is 67.7 Å². The first kappa shape index (κ1) is 27.3. The largest absolute Gasteiger partial charge is 0.487 e. The molecule has 0 saturated heterocycles. The van der Waals surface area contributed by atoms with Crippen molar-refractivity contribution < 1.29 is 23.1 Å². The van der Waals surface area contributed by atoms with Gasteiger partial charge in [0.25, 0.3) is 12.3 Å². The predicted molar refractivity (Wildman–Crippen MR) is 147 cm³/mol. The highest BCUT2D eigenvalue weighted by Crippen LogP contribution is 2.32. The summed E-state index contributed by atoms with van der Waals surface area (Å²) in [6.07, 6.45) is -2.72. The predicted octanol–water partition coefficient (Wildman–Crippen LogP) is 6.27. The van der Waals surface area contributed by atoms with Gasteiger partial charge < -0.3 is 25.3 Å². The van der Waals surface area contributed by atoms with Crippen molar-refractivity contribution in [1.29, 1.82) is 0 Å². The lowest BCUT2D eigenvalue weighted by atomic mass is 10.1.